The molecule has 5 rings (SSSR count). The molecule has 2 aliphatic carbocycles. The summed E-state index contributed by atoms with van der Waals surface area (Å²) in [6.07, 6.45) is 9.06. The van der Waals surface area contributed by atoms with E-state index in [1.807, 2.05) is 6.33 Å². The van der Waals surface area contributed by atoms with Gasteiger partial charge in [-0.3, -0.25) is 0 Å². The Morgan fingerprint density at radius 2 is 2.12 bits per heavy atom. The molecule has 124 valence electrons. The number of thiophene rings is 1. The van der Waals surface area contributed by atoms with Crippen molar-refractivity contribution in [3.05, 3.63) is 22.6 Å². The Balaban J connectivity index is 1.43. The maximum Gasteiger partial charge on any atom is 0.191 e. The van der Waals surface area contributed by atoms with Gasteiger partial charge in [-0.1, -0.05) is 11.8 Å². The lowest BCUT2D eigenvalue weighted by molar-refractivity contribution is 0.662. The molecule has 0 radical (unpaired) electrons. The van der Waals surface area contributed by atoms with Crippen LogP contribution < -0.4 is 5.73 Å². The van der Waals surface area contributed by atoms with Crippen LogP contribution >= 0.6 is 23.1 Å². The lowest BCUT2D eigenvalue weighted by Crippen LogP contribution is -2.03. The van der Waals surface area contributed by atoms with Crippen LogP contribution in [0.4, 0.5) is 5.82 Å². The Labute approximate surface area is 147 Å². The predicted molar refractivity (Wildman–Crippen MR) is 96.3 cm³/mol. The largest absolute Gasteiger partial charge is 0.383 e. The summed E-state index contributed by atoms with van der Waals surface area (Å²) in [5.74, 6) is 2.10. The molecule has 0 aliphatic heterocycles. The number of hydrogen-bond acceptors (Lipinski definition) is 7. The summed E-state index contributed by atoms with van der Waals surface area (Å²) in [5, 5.41) is 10.3. The number of fused-ring (bicyclic) bond motifs is 3. The smallest absolute Gasteiger partial charge is 0.191 e. The van der Waals surface area contributed by atoms with Crippen LogP contribution in [0.5, 0.6) is 0 Å². The molecule has 3 aromatic rings. The van der Waals surface area contributed by atoms with Crippen LogP contribution in [0, 0.1) is 0 Å². The highest BCUT2D eigenvalue weighted by Gasteiger charge is 2.26. The van der Waals surface area contributed by atoms with E-state index in [0.717, 1.165) is 34.0 Å². The Morgan fingerprint density at radius 3 is 3.00 bits per heavy atom. The highest BCUT2D eigenvalue weighted by molar-refractivity contribution is 7.98. The van der Waals surface area contributed by atoms with Crippen LogP contribution in [0.3, 0.4) is 0 Å². The van der Waals surface area contributed by atoms with Gasteiger partial charge in [0, 0.05) is 10.9 Å². The molecule has 3 aromatic heterocycles. The second-order valence-corrected chi connectivity index (χ2v) is 8.48. The average molecular weight is 358 g/mol. The molecule has 0 bridgehead atoms. The maximum absolute atomic E-state index is 6.28. The van der Waals surface area contributed by atoms with Crippen molar-refractivity contribution in [1.82, 2.24) is 24.7 Å². The minimum absolute atomic E-state index is 0.583. The zero-order valence-corrected chi connectivity index (χ0v) is 14.9. The second-order valence-electron chi connectivity index (χ2n) is 6.46. The SMILES string of the molecule is Nc1nc(CSc2nncn2C2CC2)nc2sc3c(c12)CCCC3. The number of nitrogens with zero attached hydrogens (tertiary/aromatic N) is 5. The fourth-order valence-corrected chi connectivity index (χ4v) is 5.49. The van der Waals surface area contributed by atoms with E-state index in [-0.39, 0.29) is 0 Å². The number of rotatable bonds is 4. The standard InChI is InChI=1S/C16H18N6S2/c17-14-13-10-3-1-2-4-11(10)24-15(13)20-12(19-14)7-23-16-21-18-8-22(16)9-5-6-9/h8-9H,1-7H2,(H2,17,19,20). The molecule has 0 saturated heterocycles. The summed E-state index contributed by atoms with van der Waals surface area (Å²) >= 11 is 3.44. The number of nitrogen functional groups attached to an aromatic ring is 1. The van der Waals surface area contributed by atoms with Gasteiger partial charge in [0.05, 0.1) is 11.1 Å². The molecule has 8 heteroatoms. The summed E-state index contributed by atoms with van der Waals surface area (Å²) in [6.45, 7) is 0. The van der Waals surface area contributed by atoms with Gasteiger partial charge in [0.1, 0.15) is 22.8 Å². The van der Waals surface area contributed by atoms with Gasteiger partial charge >= 0.3 is 0 Å². The van der Waals surface area contributed by atoms with Crippen LogP contribution in [0.15, 0.2) is 11.5 Å². The summed E-state index contributed by atoms with van der Waals surface area (Å²) in [6, 6.07) is 0.583. The quantitative estimate of drug-likeness (QED) is 0.720. The molecule has 0 spiro atoms. The van der Waals surface area contributed by atoms with Crippen molar-refractivity contribution in [2.75, 3.05) is 5.73 Å². The highest BCUT2D eigenvalue weighted by Crippen LogP contribution is 2.39. The van der Waals surface area contributed by atoms with Crippen molar-refractivity contribution in [2.24, 2.45) is 0 Å². The van der Waals surface area contributed by atoms with E-state index in [2.05, 4.69) is 19.7 Å². The van der Waals surface area contributed by atoms with Gasteiger partial charge in [-0.2, -0.15) is 0 Å². The monoisotopic (exact) mass is 358 g/mol. The molecule has 0 aromatic carbocycles. The van der Waals surface area contributed by atoms with E-state index in [9.17, 15) is 0 Å². The molecule has 6 nitrogen and oxygen atoms in total. The van der Waals surface area contributed by atoms with E-state index in [0.29, 0.717) is 17.6 Å². The molecule has 24 heavy (non-hydrogen) atoms. The summed E-state index contributed by atoms with van der Waals surface area (Å²) in [5.41, 5.74) is 7.67. The van der Waals surface area contributed by atoms with E-state index >= 15 is 0 Å². The van der Waals surface area contributed by atoms with Gasteiger partial charge in [0.25, 0.3) is 0 Å². The highest BCUT2D eigenvalue weighted by atomic mass is 32.2. The van der Waals surface area contributed by atoms with Crippen molar-refractivity contribution in [1.29, 1.82) is 0 Å². The first kappa shape index (κ1) is 14.7. The molecule has 2 N–H and O–H groups in total. The van der Waals surface area contributed by atoms with Gasteiger partial charge in [-0.05, 0) is 44.1 Å². The minimum Gasteiger partial charge on any atom is -0.383 e. The third kappa shape index (κ3) is 2.48. The van der Waals surface area contributed by atoms with Crippen LogP contribution in [0.25, 0.3) is 10.2 Å². The number of aryl methyl sites for hydroxylation is 2. The number of aromatic nitrogens is 5. The van der Waals surface area contributed by atoms with Crippen molar-refractivity contribution < 1.29 is 0 Å². The second kappa shape index (κ2) is 5.70. The third-order valence-electron chi connectivity index (χ3n) is 4.70. The molecule has 1 fully saturated rings. The zero-order chi connectivity index (χ0) is 16.1. The number of nitrogens with two attached hydrogens (primary N) is 1. The molecule has 3 heterocycles. The van der Waals surface area contributed by atoms with Crippen LogP contribution in [0.1, 0.15) is 48.0 Å². The van der Waals surface area contributed by atoms with Crippen LogP contribution in [-0.4, -0.2) is 24.7 Å². The van der Waals surface area contributed by atoms with Gasteiger partial charge in [-0.25, -0.2) is 9.97 Å². The van der Waals surface area contributed by atoms with Crippen molar-refractivity contribution >= 4 is 39.1 Å². The third-order valence-corrected chi connectivity index (χ3v) is 6.84. The lowest BCUT2D eigenvalue weighted by Gasteiger charge is -2.10. The van der Waals surface area contributed by atoms with Gasteiger partial charge < -0.3 is 10.3 Å². The molecule has 0 unspecified atom stereocenters. The topological polar surface area (TPSA) is 82.5 Å². The van der Waals surface area contributed by atoms with E-state index in [1.54, 1.807) is 23.1 Å². The Morgan fingerprint density at radius 1 is 1.25 bits per heavy atom. The predicted octanol–water partition coefficient (Wildman–Crippen LogP) is 3.37. The molecular formula is C16H18N6S2. The number of hydrogen-bond donors (Lipinski definition) is 1. The van der Waals surface area contributed by atoms with E-state index in [4.69, 9.17) is 10.7 Å². The molecule has 1 saturated carbocycles. The van der Waals surface area contributed by atoms with Gasteiger partial charge in [0.15, 0.2) is 5.16 Å². The van der Waals surface area contributed by atoms with E-state index < -0.39 is 0 Å². The first-order valence-corrected chi connectivity index (χ1v) is 10.2. The fraction of sp³-hybridized carbons (Fsp3) is 0.500. The van der Waals surface area contributed by atoms with Crippen molar-refractivity contribution in [3.63, 3.8) is 0 Å². The number of anilines is 1. The normalized spacial score (nSPS) is 17.3. The first-order chi connectivity index (χ1) is 11.8. The lowest BCUT2D eigenvalue weighted by atomic mass is 9.97. The summed E-state index contributed by atoms with van der Waals surface area (Å²) in [4.78, 5) is 11.8. The molecule has 2 aliphatic rings. The molecule has 0 atom stereocenters. The maximum atomic E-state index is 6.28. The van der Waals surface area contributed by atoms with Crippen molar-refractivity contribution in [2.45, 2.75) is 55.5 Å². The Bertz CT molecular complexity index is 911. The Kier molecular flexibility index (Phi) is 3.48. The summed E-state index contributed by atoms with van der Waals surface area (Å²) in [7, 11) is 0. The average Bonchev–Trinajstić information content (AvgIpc) is 3.19. The Hall–Kier alpha value is -1.67. The van der Waals surface area contributed by atoms with Crippen molar-refractivity contribution in [3.8, 4) is 0 Å². The number of thioether (sulfide) groups is 1. The van der Waals surface area contributed by atoms with Crippen LogP contribution in [0.2, 0.25) is 0 Å². The zero-order valence-electron chi connectivity index (χ0n) is 13.2. The molecule has 0 amide bonds. The minimum atomic E-state index is 0.583. The first-order valence-electron chi connectivity index (χ1n) is 8.38. The fourth-order valence-electron chi connectivity index (χ4n) is 3.36. The van der Waals surface area contributed by atoms with Crippen LogP contribution in [-0.2, 0) is 18.6 Å². The van der Waals surface area contributed by atoms with Gasteiger partial charge in [0.2, 0.25) is 0 Å². The van der Waals surface area contributed by atoms with Gasteiger partial charge in [-0.15, -0.1) is 21.5 Å². The summed E-state index contributed by atoms with van der Waals surface area (Å²) < 4.78 is 2.16. The van der Waals surface area contributed by atoms with E-state index in [1.165, 1.54) is 36.1 Å². The molecular weight excluding hydrogens is 340 g/mol.